The summed E-state index contributed by atoms with van der Waals surface area (Å²) in [4.78, 5) is 13.3. The van der Waals surface area contributed by atoms with Gasteiger partial charge in [-0.1, -0.05) is 42.5 Å². The fourth-order valence-electron chi connectivity index (χ4n) is 3.77. The van der Waals surface area contributed by atoms with E-state index in [9.17, 15) is 4.79 Å². The molecule has 0 radical (unpaired) electrons. The van der Waals surface area contributed by atoms with Gasteiger partial charge < -0.3 is 13.7 Å². The van der Waals surface area contributed by atoms with Gasteiger partial charge in [-0.05, 0) is 18.2 Å². The molecule has 27 heavy (non-hydrogen) atoms. The zero-order chi connectivity index (χ0) is 18.5. The van der Waals surface area contributed by atoms with Crippen LogP contribution in [-0.4, -0.2) is 11.7 Å². The van der Waals surface area contributed by atoms with Crippen molar-refractivity contribution in [3.8, 4) is 17.1 Å². The molecule has 5 aromatic rings. The number of para-hydroxylation sites is 1. The molecule has 0 saturated carbocycles. The summed E-state index contributed by atoms with van der Waals surface area (Å²) in [5.41, 5.74) is 3.17. The van der Waals surface area contributed by atoms with Gasteiger partial charge in [-0.25, -0.2) is 0 Å². The van der Waals surface area contributed by atoms with Crippen molar-refractivity contribution in [3.63, 3.8) is 0 Å². The Hall–Kier alpha value is -3.53. The predicted molar refractivity (Wildman–Crippen MR) is 108 cm³/mol. The van der Waals surface area contributed by atoms with Gasteiger partial charge in [-0.2, -0.15) is 0 Å². The second-order valence-corrected chi connectivity index (χ2v) is 6.60. The Morgan fingerprint density at radius 1 is 0.889 bits per heavy atom. The number of rotatable bonds is 2. The predicted octanol–water partition coefficient (Wildman–Crippen LogP) is 5.11. The fraction of sp³-hybridized carbons (Fsp3) is 0.0870. The molecule has 0 spiro atoms. The molecule has 0 saturated heterocycles. The number of furan rings is 1. The average Bonchev–Trinajstić information content (AvgIpc) is 3.17. The van der Waals surface area contributed by atoms with Crippen LogP contribution >= 0.6 is 0 Å². The van der Waals surface area contributed by atoms with Crippen molar-refractivity contribution in [1.29, 1.82) is 0 Å². The van der Waals surface area contributed by atoms with Crippen LogP contribution in [0.5, 0.6) is 5.75 Å². The van der Waals surface area contributed by atoms with Crippen LogP contribution in [0.3, 0.4) is 0 Å². The Labute approximate surface area is 155 Å². The highest BCUT2D eigenvalue weighted by Crippen LogP contribution is 2.38. The van der Waals surface area contributed by atoms with E-state index < -0.39 is 0 Å². The highest BCUT2D eigenvalue weighted by molar-refractivity contribution is 6.10. The first kappa shape index (κ1) is 15.7. The lowest BCUT2D eigenvalue weighted by Crippen LogP contribution is -2.09. The van der Waals surface area contributed by atoms with Gasteiger partial charge in [0.15, 0.2) is 5.58 Å². The molecule has 0 aliphatic carbocycles. The highest BCUT2D eigenvalue weighted by Gasteiger charge is 2.19. The van der Waals surface area contributed by atoms with Gasteiger partial charge in [0.1, 0.15) is 11.5 Å². The number of nitrogens with zero attached hydrogens (tertiary/aromatic N) is 1. The monoisotopic (exact) mass is 355 g/mol. The Kier molecular flexibility index (Phi) is 3.34. The minimum absolute atomic E-state index is 0.0275. The zero-order valence-corrected chi connectivity index (χ0v) is 15.0. The quantitative estimate of drug-likeness (QED) is 0.413. The first-order valence-electron chi connectivity index (χ1n) is 8.76. The molecule has 2 heterocycles. The molecule has 0 unspecified atom stereocenters. The van der Waals surface area contributed by atoms with Crippen molar-refractivity contribution >= 4 is 32.8 Å². The standard InChI is InChI=1S/C23H17NO3/c1-24-17-11-7-6-10-15(17)22(25)21-18(24)13-20(26-2)16-12-19(27-23(16)21)14-8-4-3-5-9-14/h3-13H,1-2H3. The van der Waals surface area contributed by atoms with Gasteiger partial charge in [-0.3, -0.25) is 4.79 Å². The molecule has 132 valence electrons. The molecule has 0 amide bonds. The third-order valence-corrected chi connectivity index (χ3v) is 5.13. The summed E-state index contributed by atoms with van der Waals surface area (Å²) in [6.07, 6.45) is 0. The largest absolute Gasteiger partial charge is 0.496 e. The normalized spacial score (nSPS) is 11.5. The number of fused-ring (bicyclic) bond motifs is 4. The minimum Gasteiger partial charge on any atom is -0.496 e. The van der Waals surface area contributed by atoms with Crippen molar-refractivity contribution in [1.82, 2.24) is 4.57 Å². The molecule has 0 aliphatic heterocycles. The Morgan fingerprint density at radius 3 is 2.41 bits per heavy atom. The summed E-state index contributed by atoms with van der Waals surface area (Å²) < 4.78 is 13.8. The SMILES string of the molecule is COc1cc2c(c(=O)c3ccccc3n2C)c2oc(-c3ccccc3)cc12. The lowest BCUT2D eigenvalue weighted by molar-refractivity contribution is 0.420. The first-order chi connectivity index (χ1) is 13.2. The van der Waals surface area contributed by atoms with Crippen LogP contribution in [0.15, 0.2) is 75.9 Å². The number of hydrogen-bond acceptors (Lipinski definition) is 3. The van der Waals surface area contributed by atoms with E-state index >= 15 is 0 Å². The summed E-state index contributed by atoms with van der Waals surface area (Å²) >= 11 is 0. The van der Waals surface area contributed by atoms with Gasteiger partial charge in [0, 0.05) is 24.1 Å². The van der Waals surface area contributed by atoms with E-state index in [0.29, 0.717) is 27.9 Å². The molecule has 4 heteroatoms. The lowest BCUT2D eigenvalue weighted by atomic mass is 10.1. The third-order valence-electron chi connectivity index (χ3n) is 5.13. The summed E-state index contributed by atoms with van der Waals surface area (Å²) in [5, 5.41) is 2.06. The maximum absolute atomic E-state index is 13.3. The third kappa shape index (κ3) is 2.20. The molecule has 3 aromatic carbocycles. The van der Waals surface area contributed by atoms with E-state index in [4.69, 9.17) is 9.15 Å². The summed E-state index contributed by atoms with van der Waals surface area (Å²) in [5.74, 6) is 1.40. The molecule has 0 atom stereocenters. The van der Waals surface area contributed by atoms with E-state index in [1.165, 1.54) is 0 Å². The van der Waals surface area contributed by atoms with Crippen molar-refractivity contribution in [2.75, 3.05) is 7.11 Å². The molecule has 0 aliphatic rings. The molecule has 0 bridgehead atoms. The average molecular weight is 355 g/mol. The van der Waals surface area contributed by atoms with Crippen molar-refractivity contribution in [2.45, 2.75) is 0 Å². The molecular formula is C23H17NO3. The first-order valence-corrected chi connectivity index (χ1v) is 8.76. The minimum atomic E-state index is -0.0275. The van der Waals surface area contributed by atoms with E-state index in [0.717, 1.165) is 22.0 Å². The summed E-state index contributed by atoms with van der Waals surface area (Å²) in [6, 6.07) is 21.3. The molecule has 0 N–H and O–H groups in total. The van der Waals surface area contributed by atoms with Crippen molar-refractivity contribution < 1.29 is 9.15 Å². The van der Waals surface area contributed by atoms with Gasteiger partial charge in [-0.15, -0.1) is 0 Å². The number of methoxy groups -OCH3 is 1. The van der Waals surface area contributed by atoms with Gasteiger partial charge in [0.2, 0.25) is 5.43 Å². The fourth-order valence-corrected chi connectivity index (χ4v) is 3.77. The molecule has 5 rings (SSSR count). The number of pyridine rings is 1. The second kappa shape index (κ2) is 5.74. The van der Waals surface area contributed by atoms with E-state index in [2.05, 4.69) is 0 Å². The molecular weight excluding hydrogens is 338 g/mol. The topological polar surface area (TPSA) is 44.4 Å². The summed E-state index contributed by atoms with van der Waals surface area (Å²) in [7, 11) is 3.59. The zero-order valence-electron chi connectivity index (χ0n) is 15.0. The molecule has 2 aromatic heterocycles. The van der Waals surface area contributed by atoms with E-state index in [1.54, 1.807) is 7.11 Å². The Bertz CT molecular complexity index is 1380. The second-order valence-electron chi connectivity index (χ2n) is 6.60. The van der Waals surface area contributed by atoms with Crippen LogP contribution in [0.2, 0.25) is 0 Å². The summed E-state index contributed by atoms with van der Waals surface area (Å²) in [6.45, 7) is 0. The Balaban J connectivity index is 1.99. The molecule has 4 nitrogen and oxygen atoms in total. The number of ether oxygens (including phenoxy) is 1. The van der Waals surface area contributed by atoms with Gasteiger partial charge >= 0.3 is 0 Å². The van der Waals surface area contributed by atoms with E-state index in [1.807, 2.05) is 78.3 Å². The van der Waals surface area contributed by atoms with Crippen LogP contribution in [-0.2, 0) is 7.05 Å². The maximum Gasteiger partial charge on any atom is 0.201 e. The molecule has 0 fully saturated rings. The highest BCUT2D eigenvalue weighted by atomic mass is 16.5. The van der Waals surface area contributed by atoms with Crippen molar-refractivity contribution in [2.24, 2.45) is 7.05 Å². The number of aryl methyl sites for hydroxylation is 1. The Morgan fingerprint density at radius 2 is 1.63 bits per heavy atom. The maximum atomic E-state index is 13.3. The van der Waals surface area contributed by atoms with Crippen LogP contribution in [0, 0.1) is 0 Å². The van der Waals surface area contributed by atoms with Gasteiger partial charge in [0.05, 0.1) is 28.9 Å². The van der Waals surface area contributed by atoms with Crippen LogP contribution in [0.4, 0.5) is 0 Å². The van der Waals surface area contributed by atoms with Crippen LogP contribution in [0.1, 0.15) is 0 Å². The number of hydrogen-bond donors (Lipinski definition) is 0. The van der Waals surface area contributed by atoms with Gasteiger partial charge in [0.25, 0.3) is 0 Å². The lowest BCUT2D eigenvalue weighted by Gasteiger charge is -2.12. The number of aromatic nitrogens is 1. The smallest absolute Gasteiger partial charge is 0.201 e. The van der Waals surface area contributed by atoms with Crippen LogP contribution in [0.25, 0.3) is 44.1 Å². The number of benzene rings is 3. The van der Waals surface area contributed by atoms with E-state index in [-0.39, 0.29) is 5.43 Å². The van der Waals surface area contributed by atoms with Crippen molar-refractivity contribution in [3.05, 3.63) is 77.0 Å². The van der Waals surface area contributed by atoms with Crippen LogP contribution < -0.4 is 10.2 Å².